The van der Waals surface area contributed by atoms with Crippen molar-refractivity contribution in [2.24, 2.45) is 0 Å². The first-order chi connectivity index (χ1) is 12.6. The molecule has 0 unspecified atom stereocenters. The number of anilines is 2. The molecule has 0 aliphatic carbocycles. The molecule has 2 heterocycles. The minimum absolute atomic E-state index is 0.0974. The molecule has 2 aliphatic rings. The summed E-state index contributed by atoms with van der Waals surface area (Å²) in [6.07, 6.45) is 2.87. The highest BCUT2D eigenvalue weighted by atomic mass is 16.2. The van der Waals surface area contributed by atoms with Gasteiger partial charge in [-0.2, -0.15) is 0 Å². The zero-order valence-corrected chi connectivity index (χ0v) is 15.0. The van der Waals surface area contributed by atoms with E-state index in [0.717, 1.165) is 54.0 Å². The van der Waals surface area contributed by atoms with Crippen molar-refractivity contribution in [2.75, 3.05) is 29.9 Å². The maximum atomic E-state index is 12.8. The number of carbonyl (C=O) groups is 2. The van der Waals surface area contributed by atoms with Crippen molar-refractivity contribution in [1.29, 1.82) is 0 Å². The Kier molecular flexibility index (Phi) is 4.37. The van der Waals surface area contributed by atoms with Crippen molar-refractivity contribution < 1.29 is 9.59 Å². The summed E-state index contributed by atoms with van der Waals surface area (Å²) >= 11 is 0. The van der Waals surface area contributed by atoms with E-state index >= 15 is 0 Å². The molecule has 1 fully saturated rings. The molecule has 0 spiro atoms. The zero-order valence-electron chi connectivity index (χ0n) is 15.0. The standard InChI is InChI=1S/C21H23N3O2/c1-15-7-9-16(10-8-15)22-21(26)24-14-11-17-18(5-4-6-19(17)24)20(25)23-12-2-3-13-23/h4-10H,2-3,11-14H2,1H3,(H,22,26). The van der Waals surface area contributed by atoms with E-state index < -0.39 is 0 Å². The normalized spacial score (nSPS) is 15.9. The second-order valence-electron chi connectivity index (χ2n) is 7.00. The second kappa shape index (κ2) is 6.83. The average Bonchev–Trinajstić information content (AvgIpc) is 3.32. The summed E-state index contributed by atoms with van der Waals surface area (Å²) in [5, 5.41) is 2.95. The third-order valence-electron chi connectivity index (χ3n) is 5.20. The van der Waals surface area contributed by atoms with Gasteiger partial charge in [0.2, 0.25) is 0 Å². The summed E-state index contributed by atoms with van der Waals surface area (Å²) in [5.41, 5.74) is 4.51. The lowest BCUT2D eigenvalue weighted by molar-refractivity contribution is 0.0792. The molecule has 0 bridgehead atoms. The van der Waals surface area contributed by atoms with E-state index in [0.29, 0.717) is 13.0 Å². The van der Waals surface area contributed by atoms with Crippen LogP contribution in [-0.2, 0) is 6.42 Å². The van der Waals surface area contributed by atoms with Crippen LogP contribution in [0.4, 0.5) is 16.2 Å². The fourth-order valence-corrected chi connectivity index (χ4v) is 3.76. The molecule has 5 heteroatoms. The van der Waals surface area contributed by atoms with Gasteiger partial charge in [0.05, 0.1) is 0 Å². The summed E-state index contributed by atoms with van der Waals surface area (Å²) in [4.78, 5) is 29.2. The molecular weight excluding hydrogens is 326 g/mol. The molecule has 1 N–H and O–H groups in total. The van der Waals surface area contributed by atoms with E-state index in [9.17, 15) is 9.59 Å². The first-order valence-electron chi connectivity index (χ1n) is 9.20. The van der Waals surface area contributed by atoms with Crippen LogP contribution in [0.2, 0.25) is 0 Å². The number of carbonyl (C=O) groups excluding carboxylic acids is 2. The van der Waals surface area contributed by atoms with Crippen LogP contribution < -0.4 is 10.2 Å². The summed E-state index contributed by atoms with van der Waals surface area (Å²) in [7, 11) is 0. The van der Waals surface area contributed by atoms with E-state index in [1.165, 1.54) is 0 Å². The second-order valence-corrected chi connectivity index (χ2v) is 7.00. The largest absolute Gasteiger partial charge is 0.339 e. The first kappa shape index (κ1) is 16.6. The molecule has 26 heavy (non-hydrogen) atoms. The van der Waals surface area contributed by atoms with Crippen LogP contribution in [0.25, 0.3) is 0 Å². The minimum atomic E-state index is -0.154. The molecule has 134 valence electrons. The molecule has 2 aliphatic heterocycles. The van der Waals surface area contributed by atoms with Gasteiger partial charge in [-0.1, -0.05) is 23.8 Å². The van der Waals surface area contributed by atoms with Gasteiger partial charge in [-0.3, -0.25) is 9.69 Å². The van der Waals surface area contributed by atoms with Crippen molar-refractivity contribution in [3.63, 3.8) is 0 Å². The quantitative estimate of drug-likeness (QED) is 0.896. The maximum Gasteiger partial charge on any atom is 0.326 e. The van der Waals surface area contributed by atoms with Gasteiger partial charge in [-0.15, -0.1) is 0 Å². The summed E-state index contributed by atoms with van der Waals surface area (Å²) in [6.45, 7) is 4.28. The van der Waals surface area contributed by atoms with E-state index in [1.807, 2.05) is 54.3 Å². The minimum Gasteiger partial charge on any atom is -0.339 e. The van der Waals surface area contributed by atoms with Crippen LogP contribution in [0.3, 0.4) is 0 Å². The van der Waals surface area contributed by atoms with E-state index in [1.54, 1.807) is 4.90 Å². The predicted molar refractivity (Wildman–Crippen MR) is 103 cm³/mol. The SMILES string of the molecule is Cc1ccc(NC(=O)N2CCc3c(C(=O)N4CCCC4)cccc32)cc1. The Morgan fingerprint density at radius 1 is 0.962 bits per heavy atom. The molecule has 3 amide bonds. The third-order valence-corrected chi connectivity index (χ3v) is 5.20. The van der Waals surface area contributed by atoms with Gasteiger partial charge in [0.25, 0.3) is 5.91 Å². The lowest BCUT2D eigenvalue weighted by Crippen LogP contribution is -2.33. The lowest BCUT2D eigenvalue weighted by atomic mass is 10.0. The van der Waals surface area contributed by atoms with Crippen LogP contribution >= 0.6 is 0 Å². The van der Waals surface area contributed by atoms with Crippen molar-refractivity contribution >= 4 is 23.3 Å². The molecule has 0 saturated carbocycles. The Bertz CT molecular complexity index is 839. The Labute approximate surface area is 153 Å². The predicted octanol–water partition coefficient (Wildman–Crippen LogP) is 3.83. The lowest BCUT2D eigenvalue weighted by Gasteiger charge is -2.20. The first-order valence-corrected chi connectivity index (χ1v) is 9.20. The van der Waals surface area contributed by atoms with Crippen LogP contribution in [0.1, 0.15) is 34.3 Å². The van der Waals surface area contributed by atoms with Gasteiger partial charge >= 0.3 is 6.03 Å². The van der Waals surface area contributed by atoms with Gasteiger partial charge in [0.15, 0.2) is 0 Å². The molecule has 1 saturated heterocycles. The topological polar surface area (TPSA) is 52.7 Å². The number of fused-ring (bicyclic) bond motifs is 1. The molecule has 0 atom stereocenters. The van der Waals surface area contributed by atoms with E-state index in [2.05, 4.69) is 5.32 Å². The monoisotopic (exact) mass is 349 g/mol. The summed E-state index contributed by atoms with van der Waals surface area (Å²) < 4.78 is 0. The van der Waals surface area contributed by atoms with E-state index in [-0.39, 0.29) is 11.9 Å². The number of likely N-dealkylation sites (tertiary alicyclic amines) is 1. The van der Waals surface area contributed by atoms with Crippen LogP contribution in [0, 0.1) is 6.92 Å². The van der Waals surface area contributed by atoms with E-state index in [4.69, 9.17) is 0 Å². The average molecular weight is 349 g/mol. The molecule has 5 nitrogen and oxygen atoms in total. The van der Waals surface area contributed by atoms with Crippen molar-refractivity contribution in [3.05, 3.63) is 59.2 Å². The smallest absolute Gasteiger partial charge is 0.326 e. The molecule has 2 aromatic carbocycles. The molecule has 2 aromatic rings. The molecule has 4 rings (SSSR count). The number of amides is 3. The Morgan fingerprint density at radius 3 is 2.42 bits per heavy atom. The van der Waals surface area contributed by atoms with Crippen molar-refractivity contribution in [2.45, 2.75) is 26.2 Å². The number of hydrogen-bond acceptors (Lipinski definition) is 2. The van der Waals surface area contributed by atoms with Crippen LogP contribution in [0.15, 0.2) is 42.5 Å². The van der Waals surface area contributed by atoms with Crippen molar-refractivity contribution in [3.8, 4) is 0 Å². The molecular formula is C21H23N3O2. The van der Waals surface area contributed by atoms with Crippen molar-refractivity contribution in [1.82, 2.24) is 4.90 Å². The Morgan fingerprint density at radius 2 is 1.69 bits per heavy atom. The number of urea groups is 1. The van der Waals surface area contributed by atoms with Gasteiger partial charge in [-0.25, -0.2) is 4.79 Å². The Balaban J connectivity index is 1.55. The third kappa shape index (κ3) is 3.05. The zero-order chi connectivity index (χ0) is 18.1. The van der Waals surface area contributed by atoms with Crippen LogP contribution in [-0.4, -0.2) is 36.5 Å². The van der Waals surface area contributed by atoms with Crippen LogP contribution in [0.5, 0.6) is 0 Å². The van der Waals surface area contributed by atoms with Gasteiger partial charge in [-0.05, 0) is 56.0 Å². The number of hydrogen-bond donors (Lipinski definition) is 1. The maximum absolute atomic E-state index is 12.8. The molecule has 0 aromatic heterocycles. The fraction of sp³-hybridized carbons (Fsp3) is 0.333. The fourth-order valence-electron chi connectivity index (χ4n) is 3.76. The highest BCUT2D eigenvalue weighted by Crippen LogP contribution is 2.32. The molecule has 0 radical (unpaired) electrons. The number of aryl methyl sites for hydroxylation is 1. The number of nitrogens with one attached hydrogen (secondary N) is 1. The Hall–Kier alpha value is -2.82. The van der Waals surface area contributed by atoms with Gasteiger partial charge in [0.1, 0.15) is 0 Å². The highest BCUT2D eigenvalue weighted by molar-refractivity contribution is 6.05. The number of nitrogens with zero attached hydrogens (tertiary/aromatic N) is 2. The summed E-state index contributed by atoms with van der Waals surface area (Å²) in [6, 6.07) is 13.3. The van der Waals surface area contributed by atoms with Gasteiger partial charge in [0, 0.05) is 36.6 Å². The summed E-state index contributed by atoms with van der Waals surface area (Å²) in [5.74, 6) is 0.0974. The highest BCUT2D eigenvalue weighted by Gasteiger charge is 2.30. The number of benzene rings is 2. The van der Waals surface area contributed by atoms with Gasteiger partial charge < -0.3 is 10.2 Å². The number of rotatable bonds is 2.